The van der Waals surface area contributed by atoms with Crippen LogP contribution in [0.5, 0.6) is 0 Å². The van der Waals surface area contributed by atoms with Crippen molar-refractivity contribution in [2.45, 2.75) is 25.4 Å². The van der Waals surface area contributed by atoms with E-state index >= 15 is 0 Å². The van der Waals surface area contributed by atoms with Gasteiger partial charge in [-0.15, -0.1) is 0 Å². The van der Waals surface area contributed by atoms with Gasteiger partial charge in [-0.3, -0.25) is 4.98 Å². The maximum Gasteiger partial charge on any atom is 0.0346 e. The molecule has 1 fully saturated rings. The van der Waals surface area contributed by atoms with Gasteiger partial charge in [-0.2, -0.15) is 0 Å². The summed E-state index contributed by atoms with van der Waals surface area (Å²) in [5.41, 5.74) is 1.32. The molecule has 100 valence electrons. The summed E-state index contributed by atoms with van der Waals surface area (Å²) in [6.07, 6.45) is 6.56. The zero-order chi connectivity index (χ0) is 13.1. The van der Waals surface area contributed by atoms with Gasteiger partial charge >= 0.3 is 0 Å². The number of benzene rings is 1. The molecule has 0 amide bonds. The summed E-state index contributed by atoms with van der Waals surface area (Å²) < 4.78 is 0. The Morgan fingerprint density at radius 2 is 2.21 bits per heavy atom. The van der Waals surface area contributed by atoms with Gasteiger partial charge in [0.2, 0.25) is 0 Å². The molecule has 1 unspecified atom stereocenters. The topological polar surface area (TPSA) is 28.2 Å². The predicted octanol–water partition coefficient (Wildman–Crippen LogP) is 2.42. The molecule has 1 atom stereocenters. The van der Waals surface area contributed by atoms with E-state index in [1.54, 1.807) is 0 Å². The van der Waals surface area contributed by atoms with Crippen LogP contribution in [0.15, 0.2) is 36.7 Å². The molecule has 1 saturated heterocycles. The van der Waals surface area contributed by atoms with Crippen LogP contribution in [0.25, 0.3) is 10.8 Å². The lowest BCUT2D eigenvalue weighted by Gasteiger charge is -2.21. The molecule has 0 saturated carbocycles. The van der Waals surface area contributed by atoms with Crippen molar-refractivity contribution in [2.75, 3.05) is 20.1 Å². The fourth-order valence-corrected chi connectivity index (χ4v) is 2.95. The zero-order valence-corrected chi connectivity index (χ0v) is 11.5. The largest absolute Gasteiger partial charge is 0.313 e. The number of hydrogen-bond acceptors (Lipinski definition) is 3. The molecule has 0 radical (unpaired) electrons. The third-order valence-electron chi connectivity index (χ3n) is 3.89. The van der Waals surface area contributed by atoms with Crippen LogP contribution in [0, 0.1) is 0 Å². The first-order valence-electron chi connectivity index (χ1n) is 7.06. The standard InChI is InChI=1S/C16H21N3/c1-19(12-15-6-4-8-18-15)11-14-10-17-9-13-5-2-3-7-16(13)14/h2-3,5,7,9-10,15,18H,4,6,8,11-12H2,1H3. The Morgan fingerprint density at radius 3 is 3.05 bits per heavy atom. The lowest BCUT2D eigenvalue weighted by Crippen LogP contribution is -2.35. The Balaban J connectivity index is 1.73. The Bertz CT molecular complexity index is 541. The molecular weight excluding hydrogens is 234 g/mol. The molecule has 2 heterocycles. The van der Waals surface area contributed by atoms with Crippen LogP contribution in [0.4, 0.5) is 0 Å². The van der Waals surface area contributed by atoms with Gasteiger partial charge in [-0.05, 0) is 37.4 Å². The zero-order valence-electron chi connectivity index (χ0n) is 11.5. The first-order chi connectivity index (χ1) is 9.33. The van der Waals surface area contributed by atoms with Crippen molar-refractivity contribution in [1.82, 2.24) is 15.2 Å². The highest BCUT2D eigenvalue weighted by atomic mass is 15.1. The predicted molar refractivity (Wildman–Crippen MR) is 79.1 cm³/mol. The molecule has 1 aromatic heterocycles. The van der Waals surface area contributed by atoms with E-state index < -0.39 is 0 Å². The SMILES string of the molecule is CN(Cc1cncc2ccccc12)CC1CCCN1. The van der Waals surface area contributed by atoms with E-state index in [-0.39, 0.29) is 0 Å². The normalized spacial score (nSPS) is 19.4. The molecule has 1 aliphatic heterocycles. The van der Waals surface area contributed by atoms with Crippen molar-refractivity contribution in [3.63, 3.8) is 0 Å². The summed E-state index contributed by atoms with van der Waals surface area (Å²) in [5, 5.41) is 6.11. The number of nitrogens with zero attached hydrogens (tertiary/aromatic N) is 2. The second kappa shape index (κ2) is 5.68. The van der Waals surface area contributed by atoms with Crippen LogP contribution in [0.3, 0.4) is 0 Å². The van der Waals surface area contributed by atoms with Gasteiger partial charge in [0.25, 0.3) is 0 Å². The summed E-state index contributed by atoms with van der Waals surface area (Å²) in [6, 6.07) is 9.15. The van der Waals surface area contributed by atoms with Crippen LogP contribution >= 0.6 is 0 Å². The second-order valence-corrected chi connectivity index (χ2v) is 5.51. The summed E-state index contributed by atoms with van der Waals surface area (Å²) in [5.74, 6) is 0. The minimum absolute atomic E-state index is 0.660. The van der Waals surface area contributed by atoms with E-state index in [0.29, 0.717) is 6.04 Å². The van der Waals surface area contributed by atoms with Crippen LogP contribution < -0.4 is 5.32 Å². The van der Waals surface area contributed by atoms with Crippen molar-refractivity contribution in [3.8, 4) is 0 Å². The molecule has 2 aromatic rings. The van der Waals surface area contributed by atoms with E-state index in [9.17, 15) is 0 Å². The van der Waals surface area contributed by atoms with Gasteiger partial charge in [-0.25, -0.2) is 0 Å². The second-order valence-electron chi connectivity index (χ2n) is 5.51. The van der Waals surface area contributed by atoms with Gasteiger partial charge in [0, 0.05) is 36.9 Å². The van der Waals surface area contributed by atoms with Crippen molar-refractivity contribution in [2.24, 2.45) is 0 Å². The molecule has 3 nitrogen and oxygen atoms in total. The van der Waals surface area contributed by atoms with Crippen LogP contribution in [-0.4, -0.2) is 36.1 Å². The lowest BCUT2D eigenvalue weighted by atomic mass is 10.1. The first-order valence-corrected chi connectivity index (χ1v) is 7.06. The van der Waals surface area contributed by atoms with E-state index in [2.05, 4.69) is 46.5 Å². The van der Waals surface area contributed by atoms with E-state index in [1.165, 1.54) is 35.7 Å². The molecule has 3 rings (SSSR count). The monoisotopic (exact) mass is 255 g/mol. The fraction of sp³-hybridized carbons (Fsp3) is 0.438. The number of likely N-dealkylation sites (N-methyl/N-ethyl adjacent to an activating group) is 1. The molecule has 1 aromatic carbocycles. The third-order valence-corrected chi connectivity index (χ3v) is 3.89. The van der Waals surface area contributed by atoms with Gasteiger partial charge in [0.05, 0.1) is 0 Å². The van der Waals surface area contributed by atoms with E-state index in [0.717, 1.165) is 13.1 Å². The maximum absolute atomic E-state index is 4.36. The van der Waals surface area contributed by atoms with E-state index in [1.807, 2.05) is 12.4 Å². The maximum atomic E-state index is 4.36. The summed E-state index contributed by atoms with van der Waals surface area (Å²) in [4.78, 5) is 6.75. The van der Waals surface area contributed by atoms with Gasteiger partial charge < -0.3 is 10.2 Å². The molecule has 1 N–H and O–H groups in total. The summed E-state index contributed by atoms with van der Waals surface area (Å²) in [7, 11) is 2.20. The highest BCUT2D eigenvalue weighted by Crippen LogP contribution is 2.18. The number of hydrogen-bond donors (Lipinski definition) is 1. The van der Waals surface area contributed by atoms with Gasteiger partial charge in [0.1, 0.15) is 0 Å². The quantitative estimate of drug-likeness (QED) is 0.909. The lowest BCUT2D eigenvalue weighted by molar-refractivity contribution is 0.294. The Morgan fingerprint density at radius 1 is 1.32 bits per heavy atom. The Kier molecular flexibility index (Phi) is 3.76. The highest BCUT2D eigenvalue weighted by Gasteiger charge is 2.16. The van der Waals surface area contributed by atoms with Crippen LogP contribution in [0.1, 0.15) is 18.4 Å². The average molecular weight is 255 g/mol. The molecular formula is C16H21N3. The number of aromatic nitrogens is 1. The minimum atomic E-state index is 0.660. The molecule has 3 heteroatoms. The minimum Gasteiger partial charge on any atom is -0.313 e. The smallest absolute Gasteiger partial charge is 0.0346 e. The number of pyridine rings is 1. The average Bonchev–Trinajstić information content (AvgIpc) is 2.92. The molecule has 19 heavy (non-hydrogen) atoms. The Labute approximate surface area is 114 Å². The Hall–Kier alpha value is -1.45. The fourth-order valence-electron chi connectivity index (χ4n) is 2.95. The van der Waals surface area contributed by atoms with Gasteiger partial charge in [-0.1, -0.05) is 24.3 Å². The van der Waals surface area contributed by atoms with Crippen molar-refractivity contribution in [1.29, 1.82) is 0 Å². The molecule has 0 bridgehead atoms. The van der Waals surface area contributed by atoms with Gasteiger partial charge in [0.15, 0.2) is 0 Å². The first kappa shape index (κ1) is 12.6. The molecule has 0 spiro atoms. The molecule has 1 aliphatic rings. The van der Waals surface area contributed by atoms with Crippen molar-refractivity contribution < 1.29 is 0 Å². The van der Waals surface area contributed by atoms with Crippen molar-refractivity contribution >= 4 is 10.8 Å². The van der Waals surface area contributed by atoms with Crippen LogP contribution in [0.2, 0.25) is 0 Å². The number of fused-ring (bicyclic) bond motifs is 1. The van der Waals surface area contributed by atoms with Crippen molar-refractivity contribution in [3.05, 3.63) is 42.2 Å². The van der Waals surface area contributed by atoms with Crippen LogP contribution in [-0.2, 0) is 6.54 Å². The summed E-state index contributed by atoms with van der Waals surface area (Å²) in [6.45, 7) is 3.25. The number of nitrogens with one attached hydrogen (secondary N) is 1. The molecule has 0 aliphatic carbocycles. The summed E-state index contributed by atoms with van der Waals surface area (Å²) >= 11 is 0. The third kappa shape index (κ3) is 2.94. The van der Waals surface area contributed by atoms with E-state index in [4.69, 9.17) is 0 Å². The highest BCUT2D eigenvalue weighted by molar-refractivity contribution is 5.84. The number of rotatable bonds is 4.